The van der Waals surface area contributed by atoms with Gasteiger partial charge in [-0.1, -0.05) is 18.2 Å². The Morgan fingerprint density at radius 3 is 2.37 bits per heavy atom. The normalized spacial score (nSPS) is 10.7. The number of carbonyl (C=O) groups is 2. The van der Waals surface area contributed by atoms with E-state index in [1.54, 1.807) is 36.5 Å². The maximum Gasteiger partial charge on any atom is 0.256 e. The third-order valence-electron chi connectivity index (χ3n) is 4.68. The van der Waals surface area contributed by atoms with Crippen LogP contribution < -0.4 is 10.6 Å². The standard InChI is InChI=1S/C23H21N5O2/c1-3-28-14-16(13-24-28)22-12-20(19-6-4-5-7-21(19)27-22)23(30)26-18-10-8-17(9-11-18)25-15(2)29/h4-14H,3H2,1-2H3,(H,25,29)(H,26,30). The molecule has 7 heteroatoms. The van der Waals surface area contributed by atoms with Crippen LogP contribution in [0.1, 0.15) is 24.2 Å². The molecule has 2 amide bonds. The molecule has 0 bridgehead atoms. The number of nitrogens with one attached hydrogen (secondary N) is 2. The molecule has 2 aromatic heterocycles. The van der Waals surface area contributed by atoms with Gasteiger partial charge in [-0.15, -0.1) is 0 Å². The minimum atomic E-state index is -0.231. The van der Waals surface area contributed by atoms with Crippen LogP contribution >= 0.6 is 0 Å². The number of rotatable bonds is 5. The molecule has 0 aliphatic carbocycles. The van der Waals surface area contributed by atoms with Gasteiger partial charge in [0.15, 0.2) is 0 Å². The van der Waals surface area contributed by atoms with E-state index < -0.39 is 0 Å². The van der Waals surface area contributed by atoms with Crippen LogP contribution in [0, 0.1) is 0 Å². The molecule has 0 atom stereocenters. The van der Waals surface area contributed by atoms with Crippen LogP contribution in [-0.4, -0.2) is 26.6 Å². The third-order valence-corrected chi connectivity index (χ3v) is 4.68. The Bertz CT molecular complexity index is 1230. The van der Waals surface area contributed by atoms with Crippen LogP contribution in [0.4, 0.5) is 11.4 Å². The first-order valence-electron chi connectivity index (χ1n) is 9.65. The van der Waals surface area contributed by atoms with E-state index in [4.69, 9.17) is 4.98 Å². The topological polar surface area (TPSA) is 88.9 Å². The van der Waals surface area contributed by atoms with E-state index in [9.17, 15) is 9.59 Å². The van der Waals surface area contributed by atoms with Crippen LogP contribution in [0.5, 0.6) is 0 Å². The molecule has 4 aromatic rings. The number of fused-ring (bicyclic) bond motifs is 1. The van der Waals surface area contributed by atoms with Crippen molar-refractivity contribution in [2.24, 2.45) is 0 Å². The van der Waals surface area contributed by atoms with Crippen molar-refractivity contribution in [1.29, 1.82) is 0 Å². The number of hydrogen-bond donors (Lipinski definition) is 2. The lowest BCUT2D eigenvalue weighted by Crippen LogP contribution is -2.13. The summed E-state index contributed by atoms with van der Waals surface area (Å²) >= 11 is 0. The van der Waals surface area contributed by atoms with Crippen molar-refractivity contribution in [2.75, 3.05) is 10.6 Å². The molecule has 0 radical (unpaired) electrons. The summed E-state index contributed by atoms with van der Waals surface area (Å²) in [5.41, 5.74) is 4.13. The first kappa shape index (κ1) is 19.3. The maximum absolute atomic E-state index is 13.1. The van der Waals surface area contributed by atoms with Crippen LogP contribution in [0.15, 0.2) is 67.0 Å². The molecular weight excluding hydrogens is 378 g/mol. The SMILES string of the molecule is CCn1cc(-c2cc(C(=O)Nc3ccc(NC(C)=O)cc3)c3ccccc3n2)cn1. The van der Waals surface area contributed by atoms with Gasteiger partial charge in [0.1, 0.15) is 0 Å². The summed E-state index contributed by atoms with van der Waals surface area (Å²) in [6, 6.07) is 16.3. The lowest BCUT2D eigenvalue weighted by atomic mass is 10.0. The Hall–Kier alpha value is -4.00. The molecule has 0 saturated heterocycles. The van der Waals surface area contributed by atoms with Crippen molar-refractivity contribution < 1.29 is 9.59 Å². The highest BCUT2D eigenvalue weighted by Gasteiger charge is 2.15. The second kappa shape index (κ2) is 8.16. The van der Waals surface area contributed by atoms with Crippen molar-refractivity contribution in [3.63, 3.8) is 0 Å². The first-order chi connectivity index (χ1) is 14.5. The van der Waals surface area contributed by atoms with Gasteiger partial charge in [0, 0.05) is 42.0 Å². The molecule has 30 heavy (non-hydrogen) atoms. The third kappa shape index (κ3) is 4.05. The van der Waals surface area contributed by atoms with Crippen LogP contribution in [0.25, 0.3) is 22.2 Å². The zero-order valence-corrected chi connectivity index (χ0v) is 16.7. The van der Waals surface area contributed by atoms with E-state index in [1.165, 1.54) is 6.92 Å². The van der Waals surface area contributed by atoms with Crippen molar-refractivity contribution in [1.82, 2.24) is 14.8 Å². The molecule has 0 spiro atoms. The minimum absolute atomic E-state index is 0.144. The molecule has 0 fully saturated rings. The summed E-state index contributed by atoms with van der Waals surface area (Å²) in [7, 11) is 0. The minimum Gasteiger partial charge on any atom is -0.326 e. The van der Waals surface area contributed by atoms with Crippen LogP contribution in [-0.2, 0) is 11.3 Å². The van der Waals surface area contributed by atoms with Crippen LogP contribution in [0.2, 0.25) is 0 Å². The molecule has 0 aliphatic heterocycles. The van der Waals surface area contributed by atoms with Gasteiger partial charge in [-0.05, 0) is 43.3 Å². The maximum atomic E-state index is 13.1. The van der Waals surface area contributed by atoms with E-state index in [0.29, 0.717) is 22.6 Å². The average molecular weight is 399 g/mol. The van der Waals surface area contributed by atoms with Crippen molar-refractivity contribution >= 4 is 34.1 Å². The van der Waals surface area contributed by atoms with Gasteiger partial charge in [0.05, 0.1) is 23.0 Å². The van der Waals surface area contributed by atoms with Crippen molar-refractivity contribution in [3.05, 3.63) is 72.6 Å². The lowest BCUT2D eigenvalue weighted by Gasteiger charge is -2.10. The number of carbonyl (C=O) groups excluding carboxylic acids is 2. The zero-order chi connectivity index (χ0) is 21.1. The number of benzene rings is 2. The van der Waals surface area contributed by atoms with E-state index >= 15 is 0 Å². The summed E-state index contributed by atoms with van der Waals surface area (Å²) < 4.78 is 1.82. The zero-order valence-electron chi connectivity index (χ0n) is 16.7. The fraction of sp³-hybridized carbons (Fsp3) is 0.130. The number of para-hydroxylation sites is 1. The number of anilines is 2. The lowest BCUT2D eigenvalue weighted by molar-refractivity contribution is -0.114. The second-order valence-corrected chi connectivity index (χ2v) is 6.87. The Morgan fingerprint density at radius 2 is 1.70 bits per heavy atom. The fourth-order valence-corrected chi connectivity index (χ4v) is 3.22. The summed E-state index contributed by atoms with van der Waals surface area (Å²) in [5.74, 6) is -0.376. The fourth-order valence-electron chi connectivity index (χ4n) is 3.22. The molecule has 0 unspecified atom stereocenters. The molecular formula is C23H21N5O2. The summed E-state index contributed by atoms with van der Waals surface area (Å²) in [5, 5.41) is 10.7. The smallest absolute Gasteiger partial charge is 0.256 e. The number of hydrogen-bond acceptors (Lipinski definition) is 4. The molecule has 2 heterocycles. The van der Waals surface area contributed by atoms with Crippen LogP contribution in [0.3, 0.4) is 0 Å². The average Bonchev–Trinajstić information content (AvgIpc) is 3.23. The summed E-state index contributed by atoms with van der Waals surface area (Å²) in [4.78, 5) is 29.0. The quantitative estimate of drug-likeness (QED) is 0.523. The predicted molar refractivity (Wildman–Crippen MR) is 117 cm³/mol. The monoisotopic (exact) mass is 399 g/mol. The number of amides is 2. The number of nitrogens with zero attached hydrogens (tertiary/aromatic N) is 3. The highest BCUT2D eigenvalue weighted by atomic mass is 16.2. The number of pyridine rings is 1. The Kier molecular flexibility index (Phi) is 5.26. The largest absolute Gasteiger partial charge is 0.326 e. The molecule has 0 saturated carbocycles. The van der Waals surface area contributed by atoms with E-state index in [-0.39, 0.29) is 11.8 Å². The highest BCUT2D eigenvalue weighted by molar-refractivity contribution is 6.13. The van der Waals surface area contributed by atoms with Gasteiger partial charge in [0.25, 0.3) is 5.91 Å². The molecule has 7 nitrogen and oxygen atoms in total. The van der Waals surface area contributed by atoms with E-state index in [0.717, 1.165) is 23.0 Å². The van der Waals surface area contributed by atoms with Gasteiger partial charge < -0.3 is 10.6 Å². The van der Waals surface area contributed by atoms with Gasteiger partial charge in [0.2, 0.25) is 5.91 Å². The van der Waals surface area contributed by atoms with Crippen molar-refractivity contribution in [2.45, 2.75) is 20.4 Å². The van der Waals surface area contributed by atoms with E-state index in [2.05, 4.69) is 15.7 Å². The Labute approximate surface area is 173 Å². The molecule has 0 aliphatic rings. The second-order valence-electron chi connectivity index (χ2n) is 6.87. The molecule has 4 rings (SSSR count). The number of aryl methyl sites for hydroxylation is 1. The van der Waals surface area contributed by atoms with Gasteiger partial charge >= 0.3 is 0 Å². The number of aromatic nitrogens is 3. The summed E-state index contributed by atoms with van der Waals surface area (Å²) in [6.45, 7) is 4.22. The van der Waals surface area contributed by atoms with Gasteiger partial charge in [-0.25, -0.2) is 4.98 Å². The molecule has 2 N–H and O–H groups in total. The highest BCUT2D eigenvalue weighted by Crippen LogP contribution is 2.25. The van der Waals surface area contributed by atoms with Crippen molar-refractivity contribution in [3.8, 4) is 11.3 Å². The Balaban J connectivity index is 1.68. The summed E-state index contributed by atoms with van der Waals surface area (Å²) in [6.07, 6.45) is 3.67. The van der Waals surface area contributed by atoms with Gasteiger partial charge in [-0.3, -0.25) is 14.3 Å². The first-order valence-corrected chi connectivity index (χ1v) is 9.65. The Morgan fingerprint density at radius 1 is 1.00 bits per heavy atom. The van der Waals surface area contributed by atoms with Gasteiger partial charge in [-0.2, -0.15) is 5.10 Å². The predicted octanol–water partition coefficient (Wildman–Crippen LogP) is 4.33. The molecule has 150 valence electrons. The molecule has 2 aromatic carbocycles. The van der Waals surface area contributed by atoms with E-state index in [1.807, 2.05) is 42.1 Å².